The smallest absolute Gasteiger partial charge is 0.305 e. The highest BCUT2D eigenvalue weighted by atomic mass is 16.4. The van der Waals surface area contributed by atoms with Crippen LogP contribution in [0.2, 0.25) is 0 Å². The average molecular weight is 199 g/mol. The molecule has 0 bridgehead atoms. The minimum absolute atomic E-state index is 0.0615. The van der Waals surface area contributed by atoms with Gasteiger partial charge in [0.05, 0.1) is 6.42 Å². The number of carbonyl (C=O) groups is 2. The maximum absolute atomic E-state index is 11.6. The Morgan fingerprint density at radius 1 is 1.36 bits per heavy atom. The number of hydrogen-bond donors (Lipinski definition) is 1. The number of hydrogen-bond acceptors (Lipinski definition) is 2. The van der Waals surface area contributed by atoms with Crippen LogP contribution in [0.4, 0.5) is 0 Å². The van der Waals surface area contributed by atoms with Gasteiger partial charge < -0.3 is 10.0 Å². The molecule has 1 aliphatic carbocycles. The first kappa shape index (κ1) is 11.0. The van der Waals surface area contributed by atoms with E-state index in [1.807, 2.05) is 6.92 Å². The second kappa shape index (κ2) is 4.98. The van der Waals surface area contributed by atoms with Crippen LogP contribution in [-0.2, 0) is 9.59 Å². The molecular formula is C10H17NO3. The van der Waals surface area contributed by atoms with Crippen molar-refractivity contribution >= 4 is 11.9 Å². The lowest BCUT2D eigenvalue weighted by Crippen LogP contribution is -2.34. The van der Waals surface area contributed by atoms with Gasteiger partial charge in [0, 0.05) is 19.0 Å². The lowest BCUT2D eigenvalue weighted by atomic mass is 10.2. The Balaban J connectivity index is 2.38. The summed E-state index contributed by atoms with van der Waals surface area (Å²) >= 11 is 0. The molecule has 0 aromatic carbocycles. The quantitative estimate of drug-likeness (QED) is 0.700. The number of carbonyl (C=O) groups excluding carboxylic acids is 1. The Hall–Kier alpha value is -1.06. The van der Waals surface area contributed by atoms with Gasteiger partial charge in [-0.1, -0.05) is 6.92 Å². The van der Waals surface area contributed by atoms with Crippen molar-refractivity contribution in [2.45, 2.75) is 45.1 Å². The van der Waals surface area contributed by atoms with Gasteiger partial charge in [0.2, 0.25) is 5.91 Å². The average Bonchev–Trinajstić information content (AvgIpc) is 2.88. The molecule has 0 heterocycles. The first-order valence-corrected chi connectivity index (χ1v) is 5.16. The van der Waals surface area contributed by atoms with E-state index in [0.29, 0.717) is 19.0 Å². The molecular weight excluding hydrogens is 182 g/mol. The van der Waals surface area contributed by atoms with Crippen LogP contribution in [0.25, 0.3) is 0 Å². The number of carboxylic acid groups (broad SMARTS) is 1. The highest BCUT2D eigenvalue weighted by molar-refractivity contribution is 5.77. The monoisotopic (exact) mass is 199 g/mol. The predicted molar refractivity (Wildman–Crippen MR) is 51.9 cm³/mol. The zero-order chi connectivity index (χ0) is 10.6. The summed E-state index contributed by atoms with van der Waals surface area (Å²) in [5, 5.41) is 8.54. The maximum atomic E-state index is 11.6. The summed E-state index contributed by atoms with van der Waals surface area (Å²) in [5.74, 6) is -0.726. The van der Waals surface area contributed by atoms with Crippen LogP contribution in [0, 0.1) is 0 Å². The summed E-state index contributed by atoms with van der Waals surface area (Å²) in [7, 11) is 0. The third-order valence-corrected chi connectivity index (χ3v) is 2.34. The van der Waals surface area contributed by atoms with Gasteiger partial charge in [-0.2, -0.15) is 0 Å². The van der Waals surface area contributed by atoms with Crippen molar-refractivity contribution in [3.63, 3.8) is 0 Å². The molecule has 1 amide bonds. The van der Waals surface area contributed by atoms with E-state index in [-0.39, 0.29) is 12.3 Å². The molecule has 4 nitrogen and oxygen atoms in total. The van der Waals surface area contributed by atoms with Crippen LogP contribution >= 0.6 is 0 Å². The summed E-state index contributed by atoms with van der Waals surface area (Å²) in [4.78, 5) is 23.7. The van der Waals surface area contributed by atoms with E-state index in [0.717, 1.165) is 19.3 Å². The van der Waals surface area contributed by atoms with Gasteiger partial charge in [0.25, 0.3) is 0 Å². The van der Waals surface area contributed by atoms with E-state index in [1.165, 1.54) is 0 Å². The SMILES string of the molecule is CCCC(=O)N(CCC(=O)O)C1CC1. The second-order valence-electron chi connectivity index (χ2n) is 3.71. The highest BCUT2D eigenvalue weighted by Crippen LogP contribution is 2.27. The molecule has 0 aromatic rings. The summed E-state index contributed by atoms with van der Waals surface area (Å²) in [5.41, 5.74) is 0. The topological polar surface area (TPSA) is 57.6 Å². The molecule has 0 aromatic heterocycles. The molecule has 1 aliphatic rings. The Labute approximate surface area is 83.9 Å². The van der Waals surface area contributed by atoms with Crippen molar-refractivity contribution in [3.8, 4) is 0 Å². The van der Waals surface area contributed by atoms with Gasteiger partial charge in [-0.05, 0) is 19.3 Å². The maximum Gasteiger partial charge on any atom is 0.305 e. The number of nitrogens with zero attached hydrogens (tertiary/aromatic N) is 1. The first-order valence-electron chi connectivity index (χ1n) is 5.16. The van der Waals surface area contributed by atoms with Crippen LogP contribution in [0.1, 0.15) is 39.0 Å². The molecule has 4 heteroatoms. The molecule has 80 valence electrons. The Morgan fingerprint density at radius 3 is 2.43 bits per heavy atom. The van der Waals surface area contributed by atoms with Gasteiger partial charge in [-0.15, -0.1) is 0 Å². The van der Waals surface area contributed by atoms with E-state index in [9.17, 15) is 9.59 Å². The molecule has 1 fully saturated rings. The molecule has 0 spiro atoms. The summed E-state index contributed by atoms with van der Waals surface area (Å²) in [6, 6.07) is 0.327. The zero-order valence-electron chi connectivity index (χ0n) is 8.53. The van der Waals surface area contributed by atoms with Crippen molar-refractivity contribution in [3.05, 3.63) is 0 Å². The van der Waals surface area contributed by atoms with E-state index in [1.54, 1.807) is 4.90 Å². The van der Waals surface area contributed by atoms with Crippen molar-refractivity contribution in [2.75, 3.05) is 6.54 Å². The van der Waals surface area contributed by atoms with E-state index in [4.69, 9.17) is 5.11 Å². The molecule has 1 rings (SSSR count). The van der Waals surface area contributed by atoms with E-state index in [2.05, 4.69) is 0 Å². The molecule has 0 aliphatic heterocycles. The first-order chi connectivity index (χ1) is 6.65. The number of aliphatic carboxylic acids is 1. The Morgan fingerprint density at radius 2 is 2.00 bits per heavy atom. The lowest BCUT2D eigenvalue weighted by Gasteiger charge is -2.21. The molecule has 1 saturated carbocycles. The van der Waals surface area contributed by atoms with Crippen LogP contribution in [0.15, 0.2) is 0 Å². The van der Waals surface area contributed by atoms with Crippen LogP contribution in [0.3, 0.4) is 0 Å². The zero-order valence-corrected chi connectivity index (χ0v) is 8.53. The molecule has 1 N–H and O–H groups in total. The van der Waals surface area contributed by atoms with Crippen molar-refractivity contribution in [1.29, 1.82) is 0 Å². The second-order valence-corrected chi connectivity index (χ2v) is 3.71. The Kier molecular flexibility index (Phi) is 3.92. The molecule has 0 unspecified atom stereocenters. The van der Waals surface area contributed by atoms with Gasteiger partial charge in [-0.25, -0.2) is 0 Å². The third kappa shape index (κ3) is 3.36. The number of carboxylic acids is 1. The van der Waals surface area contributed by atoms with E-state index < -0.39 is 5.97 Å². The fraction of sp³-hybridized carbons (Fsp3) is 0.800. The van der Waals surface area contributed by atoms with Crippen LogP contribution < -0.4 is 0 Å². The fourth-order valence-corrected chi connectivity index (χ4v) is 1.47. The minimum atomic E-state index is -0.833. The normalized spacial score (nSPS) is 15.2. The number of amides is 1. The van der Waals surface area contributed by atoms with Crippen LogP contribution in [0.5, 0.6) is 0 Å². The van der Waals surface area contributed by atoms with Crippen molar-refractivity contribution in [2.24, 2.45) is 0 Å². The van der Waals surface area contributed by atoms with Gasteiger partial charge in [0.15, 0.2) is 0 Å². The largest absolute Gasteiger partial charge is 0.481 e. The molecule has 14 heavy (non-hydrogen) atoms. The van der Waals surface area contributed by atoms with E-state index >= 15 is 0 Å². The van der Waals surface area contributed by atoms with Crippen molar-refractivity contribution in [1.82, 2.24) is 4.90 Å². The van der Waals surface area contributed by atoms with Gasteiger partial charge in [0.1, 0.15) is 0 Å². The third-order valence-electron chi connectivity index (χ3n) is 2.34. The summed E-state index contributed by atoms with van der Waals surface area (Å²) in [6.07, 6.45) is 3.50. The lowest BCUT2D eigenvalue weighted by molar-refractivity contribution is -0.138. The van der Waals surface area contributed by atoms with Gasteiger partial charge >= 0.3 is 5.97 Å². The Bertz CT molecular complexity index is 223. The summed E-state index contributed by atoms with van der Waals surface area (Å²) < 4.78 is 0. The molecule has 0 atom stereocenters. The van der Waals surface area contributed by atoms with Crippen molar-refractivity contribution < 1.29 is 14.7 Å². The molecule has 0 radical (unpaired) electrons. The predicted octanol–water partition coefficient (Wildman–Crippen LogP) is 1.25. The summed E-state index contributed by atoms with van der Waals surface area (Å²) in [6.45, 7) is 2.33. The standard InChI is InChI=1S/C10H17NO3/c1-2-3-9(12)11(8-4-5-8)7-6-10(13)14/h8H,2-7H2,1H3,(H,13,14). The van der Waals surface area contributed by atoms with Crippen LogP contribution in [-0.4, -0.2) is 34.5 Å². The fourth-order valence-electron chi connectivity index (χ4n) is 1.47. The highest BCUT2D eigenvalue weighted by Gasteiger charge is 2.31. The minimum Gasteiger partial charge on any atom is -0.481 e. The number of rotatable bonds is 6. The molecule has 0 saturated heterocycles. The van der Waals surface area contributed by atoms with Gasteiger partial charge in [-0.3, -0.25) is 9.59 Å².